The van der Waals surface area contributed by atoms with Gasteiger partial charge in [0.2, 0.25) is 0 Å². The second kappa shape index (κ2) is 8.49. The van der Waals surface area contributed by atoms with Crippen molar-refractivity contribution in [3.8, 4) is 0 Å². The van der Waals surface area contributed by atoms with Crippen LogP contribution in [0, 0.1) is 0 Å². The van der Waals surface area contributed by atoms with Crippen LogP contribution in [0.4, 0.5) is 0 Å². The van der Waals surface area contributed by atoms with Gasteiger partial charge in [0, 0.05) is 13.2 Å². The molecule has 0 aromatic rings. The molecule has 72 valence electrons. The number of ether oxygens (including phenoxy) is 2. The van der Waals surface area contributed by atoms with E-state index >= 15 is 0 Å². The standard InChI is InChI=1S/C8H17NO3/c1-3-11-6-5-9-7-8(10)12-4-2/h9H,3-7H2,1-2H3. The van der Waals surface area contributed by atoms with Crippen molar-refractivity contribution < 1.29 is 14.3 Å². The molecule has 0 unspecified atom stereocenters. The maximum atomic E-state index is 10.8. The first kappa shape index (κ1) is 11.4. The molecule has 0 fully saturated rings. The summed E-state index contributed by atoms with van der Waals surface area (Å²) in [5.41, 5.74) is 0. The molecule has 0 saturated heterocycles. The molecule has 12 heavy (non-hydrogen) atoms. The molecular weight excluding hydrogens is 158 g/mol. The van der Waals surface area contributed by atoms with Gasteiger partial charge in [0.25, 0.3) is 0 Å². The first-order chi connectivity index (χ1) is 5.81. The number of rotatable bonds is 7. The van der Waals surface area contributed by atoms with Crippen LogP contribution in [0.3, 0.4) is 0 Å². The van der Waals surface area contributed by atoms with Crippen molar-refractivity contribution in [3.63, 3.8) is 0 Å². The number of hydrogen-bond acceptors (Lipinski definition) is 4. The lowest BCUT2D eigenvalue weighted by Crippen LogP contribution is -2.27. The van der Waals surface area contributed by atoms with E-state index in [-0.39, 0.29) is 12.5 Å². The van der Waals surface area contributed by atoms with Crippen molar-refractivity contribution in [1.29, 1.82) is 0 Å². The van der Waals surface area contributed by atoms with E-state index in [2.05, 4.69) is 5.32 Å². The van der Waals surface area contributed by atoms with Crippen molar-refractivity contribution in [2.24, 2.45) is 0 Å². The van der Waals surface area contributed by atoms with Gasteiger partial charge in [-0.25, -0.2) is 0 Å². The minimum atomic E-state index is -0.214. The Hall–Kier alpha value is -0.610. The summed E-state index contributed by atoms with van der Waals surface area (Å²) in [5.74, 6) is -0.214. The molecule has 0 radical (unpaired) electrons. The second-order valence-electron chi connectivity index (χ2n) is 2.18. The molecule has 4 nitrogen and oxygen atoms in total. The monoisotopic (exact) mass is 175 g/mol. The minimum absolute atomic E-state index is 0.214. The van der Waals surface area contributed by atoms with Gasteiger partial charge in [0.15, 0.2) is 0 Å². The number of nitrogens with one attached hydrogen (secondary N) is 1. The molecule has 0 aliphatic carbocycles. The fourth-order valence-corrected chi connectivity index (χ4v) is 0.691. The van der Waals surface area contributed by atoms with Crippen molar-refractivity contribution in [1.82, 2.24) is 5.32 Å². The highest BCUT2D eigenvalue weighted by atomic mass is 16.5. The average molecular weight is 175 g/mol. The van der Waals surface area contributed by atoms with Gasteiger partial charge < -0.3 is 14.8 Å². The van der Waals surface area contributed by atoms with E-state index in [1.807, 2.05) is 6.92 Å². The summed E-state index contributed by atoms with van der Waals surface area (Å²) < 4.78 is 9.77. The molecule has 0 amide bonds. The van der Waals surface area contributed by atoms with Crippen molar-refractivity contribution >= 4 is 5.97 Å². The highest BCUT2D eigenvalue weighted by Gasteiger charge is 1.98. The molecule has 4 heteroatoms. The van der Waals surface area contributed by atoms with E-state index in [9.17, 15) is 4.79 Å². The van der Waals surface area contributed by atoms with Crippen LogP contribution in [0.1, 0.15) is 13.8 Å². The van der Waals surface area contributed by atoms with Gasteiger partial charge in [-0.3, -0.25) is 4.79 Å². The number of esters is 1. The molecular formula is C8H17NO3. The largest absolute Gasteiger partial charge is 0.465 e. The molecule has 0 saturated carbocycles. The van der Waals surface area contributed by atoms with Crippen LogP contribution in [0.25, 0.3) is 0 Å². The average Bonchev–Trinajstić information content (AvgIpc) is 2.05. The zero-order chi connectivity index (χ0) is 9.23. The lowest BCUT2D eigenvalue weighted by Gasteiger charge is -2.03. The van der Waals surface area contributed by atoms with E-state index < -0.39 is 0 Å². The van der Waals surface area contributed by atoms with Gasteiger partial charge in [-0.1, -0.05) is 0 Å². The normalized spacial score (nSPS) is 9.83. The maximum Gasteiger partial charge on any atom is 0.319 e. The maximum absolute atomic E-state index is 10.8. The molecule has 0 aliphatic heterocycles. The third kappa shape index (κ3) is 7.50. The quantitative estimate of drug-likeness (QED) is 0.443. The predicted octanol–water partition coefficient (Wildman–Crippen LogP) is 0.176. The Morgan fingerprint density at radius 1 is 1.33 bits per heavy atom. The second-order valence-corrected chi connectivity index (χ2v) is 2.18. The third-order valence-corrected chi connectivity index (χ3v) is 1.20. The van der Waals surface area contributed by atoms with Crippen molar-refractivity contribution in [3.05, 3.63) is 0 Å². The van der Waals surface area contributed by atoms with Crippen LogP contribution < -0.4 is 5.32 Å². The van der Waals surface area contributed by atoms with Gasteiger partial charge in [-0.05, 0) is 13.8 Å². The van der Waals surface area contributed by atoms with E-state index in [1.54, 1.807) is 6.92 Å². The Morgan fingerprint density at radius 3 is 2.67 bits per heavy atom. The zero-order valence-electron chi connectivity index (χ0n) is 7.76. The molecule has 0 rings (SSSR count). The molecule has 0 heterocycles. The summed E-state index contributed by atoms with van der Waals surface area (Å²) in [6.07, 6.45) is 0. The van der Waals surface area contributed by atoms with Crippen LogP contribution in [-0.2, 0) is 14.3 Å². The lowest BCUT2D eigenvalue weighted by molar-refractivity contribution is -0.142. The minimum Gasteiger partial charge on any atom is -0.465 e. The summed E-state index contributed by atoms with van der Waals surface area (Å²) in [6.45, 7) is 6.46. The molecule has 1 N–H and O–H groups in total. The highest BCUT2D eigenvalue weighted by Crippen LogP contribution is 1.75. The fourth-order valence-electron chi connectivity index (χ4n) is 0.691. The van der Waals surface area contributed by atoms with Crippen LogP contribution in [0.15, 0.2) is 0 Å². The van der Waals surface area contributed by atoms with Crippen molar-refractivity contribution in [2.75, 3.05) is 32.9 Å². The van der Waals surface area contributed by atoms with Crippen LogP contribution >= 0.6 is 0 Å². The first-order valence-electron chi connectivity index (χ1n) is 4.25. The fraction of sp³-hybridized carbons (Fsp3) is 0.875. The topological polar surface area (TPSA) is 47.6 Å². The molecule has 0 aliphatic rings. The SMILES string of the molecule is CCOCCNCC(=O)OCC. The van der Waals surface area contributed by atoms with Gasteiger partial charge in [-0.2, -0.15) is 0 Å². The summed E-state index contributed by atoms with van der Waals surface area (Å²) in [5, 5.41) is 2.91. The van der Waals surface area contributed by atoms with E-state index in [0.29, 0.717) is 26.4 Å². The summed E-state index contributed by atoms with van der Waals surface area (Å²) >= 11 is 0. The Balaban J connectivity index is 3.03. The zero-order valence-corrected chi connectivity index (χ0v) is 7.76. The van der Waals surface area contributed by atoms with Gasteiger partial charge in [-0.15, -0.1) is 0 Å². The first-order valence-corrected chi connectivity index (χ1v) is 4.25. The smallest absolute Gasteiger partial charge is 0.319 e. The molecule has 0 atom stereocenters. The van der Waals surface area contributed by atoms with Gasteiger partial charge >= 0.3 is 5.97 Å². The highest BCUT2D eigenvalue weighted by molar-refractivity contribution is 5.71. The van der Waals surface area contributed by atoms with Crippen LogP contribution in [-0.4, -0.2) is 38.9 Å². The number of hydrogen-bond donors (Lipinski definition) is 1. The molecule has 0 aromatic carbocycles. The van der Waals surface area contributed by atoms with E-state index in [0.717, 1.165) is 0 Å². The van der Waals surface area contributed by atoms with E-state index in [1.165, 1.54) is 0 Å². The molecule has 0 bridgehead atoms. The van der Waals surface area contributed by atoms with Gasteiger partial charge in [0.1, 0.15) is 0 Å². The number of carbonyl (C=O) groups is 1. The lowest BCUT2D eigenvalue weighted by atomic mass is 10.6. The summed E-state index contributed by atoms with van der Waals surface area (Å²) in [7, 11) is 0. The van der Waals surface area contributed by atoms with Crippen LogP contribution in [0.5, 0.6) is 0 Å². The summed E-state index contributed by atoms with van der Waals surface area (Å²) in [6, 6.07) is 0. The summed E-state index contributed by atoms with van der Waals surface area (Å²) in [4.78, 5) is 10.8. The van der Waals surface area contributed by atoms with Crippen molar-refractivity contribution in [2.45, 2.75) is 13.8 Å². The van der Waals surface area contributed by atoms with E-state index in [4.69, 9.17) is 9.47 Å². The third-order valence-electron chi connectivity index (χ3n) is 1.20. The van der Waals surface area contributed by atoms with Crippen LogP contribution in [0.2, 0.25) is 0 Å². The Bertz CT molecular complexity index is 117. The van der Waals surface area contributed by atoms with Gasteiger partial charge in [0.05, 0.1) is 19.8 Å². The number of carbonyl (C=O) groups excluding carboxylic acids is 1. The molecule has 0 spiro atoms. The Labute approximate surface area is 73.2 Å². The molecule has 0 aromatic heterocycles. The Morgan fingerprint density at radius 2 is 2.08 bits per heavy atom. The Kier molecular flexibility index (Phi) is 8.05. The predicted molar refractivity (Wildman–Crippen MR) is 46.0 cm³/mol.